The lowest BCUT2D eigenvalue weighted by Gasteiger charge is -2.11. The molecule has 0 heterocycles. The fourth-order valence-corrected chi connectivity index (χ4v) is 2.50. The van der Waals surface area contributed by atoms with Gasteiger partial charge in [0.25, 0.3) is 0 Å². The summed E-state index contributed by atoms with van der Waals surface area (Å²) < 4.78 is 1.08. The summed E-state index contributed by atoms with van der Waals surface area (Å²) in [5.74, 6) is 0.709. The van der Waals surface area contributed by atoms with Crippen LogP contribution in [0.4, 0.5) is 4.79 Å². The molecule has 2 atom stereocenters. The highest BCUT2D eigenvalue weighted by atomic mass is 79.9. The van der Waals surface area contributed by atoms with Crippen LogP contribution in [0.3, 0.4) is 0 Å². The van der Waals surface area contributed by atoms with Gasteiger partial charge in [0.15, 0.2) is 0 Å². The van der Waals surface area contributed by atoms with Gasteiger partial charge in [-0.3, -0.25) is 5.21 Å². The van der Waals surface area contributed by atoms with Crippen molar-refractivity contribution in [3.05, 3.63) is 34.3 Å². The number of hydrogen-bond acceptors (Lipinski definition) is 2. The molecule has 1 aromatic carbocycles. The molecular weight excluding hydrogens is 272 g/mol. The predicted molar refractivity (Wildman–Crippen MR) is 63.1 cm³/mol. The topological polar surface area (TPSA) is 66.6 Å². The van der Waals surface area contributed by atoms with Crippen molar-refractivity contribution in [2.75, 3.05) is 6.54 Å². The maximum Gasteiger partial charge on any atom is 0.338 e. The molecule has 86 valence electrons. The zero-order valence-corrected chi connectivity index (χ0v) is 10.2. The summed E-state index contributed by atoms with van der Waals surface area (Å²) >= 11 is 3.49. The Balaban J connectivity index is 1.97. The van der Waals surface area contributed by atoms with E-state index in [-0.39, 0.29) is 0 Å². The zero-order valence-electron chi connectivity index (χ0n) is 8.64. The minimum Gasteiger partial charge on any atom is -0.350 e. The molecule has 1 aliphatic rings. The third-order valence-electron chi connectivity index (χ3n) is 2.89. The van der Waals surface area contributed by atoms with Crippen LogP contribution in [-0.2, 0) is 0 Å². The molecule has 4 nitrogen and oxygen atoms in total. The molecule has 1 aromatic rings. The van der Waals surface area contributed by atoms with E-state index in [0.29, 0.717) is 23.4 Å². The molecule has 2 amide bonds. The van der Waals surface area contributed by atoms with Crippen molar-refractivity contribution in [1.82, 2.24) is 5.06 Å². The van der Waals surface area contributed by atoms with E-state index in [9.17, 15) is 10.0 Å². The number of halogens is 1. The predicted octanol–water partition coefficient (Wildman–Crippen LogP) is 2.32. The van der Waals surface area contributed by atoms with Gasteiger partial charge in [-0.15, -0.1) is 0 Å². The molecule has 0 radical (unpaired) electrons. The molecule has 2 unspecified atom stereocenters. The maximum absolute atomic E-state index is 10.7. The Morgan fingerprint density at radius 1 is 1.56 bits per heavy atom. The number of hydroxylamine groups is 2. The lowest BCUT2D eigenvalue weighted by Crippen LogP contribution is -2.34. The van der Waals surface area contributed by atoms with Crippen LogP contribution in [0.1, 0.15) is 17.9 Å². The van der Waals surface area contributed by atoms with Crippen LogP contribution >= 0.6 is 15.9 Å². The van der Waals surface area contributed by atoms with E-state index in [0.717, 1.165) is 10.9 Å². The van der Waals surface area contributed by atoms with Crippen LogP contribution < -0.4 is 5.73 Å². The average Bonchev–Trinajstić information content (AvgIpc) is 2.97. The Morgan fingerprint density at radius 3 is 2.88 bits per heavy atom. The summed E-state index contributed by atoms with van der Waals surface area (Å²) in [5.41, 5.74) is 6.18. The number of carbonyl (C=O) groups excluding carboxylic acids is 1. The number of carbonyl (C=O) groups is 1. The maximum atomic E-state index is 10.7. The van der Waals surface area contributed by atoms with Crippen LogP contribution in [-0.4, -0.2) is 22.8 Å². The van der Waals surface area contributed by atoms with Gasteiger partial charge in [-0.25, -0.2) is 9.86 Å². The van der Waals surface area contributed by atoms with Gasteiger partial charge >= 0.3 is 6.03 Å². The molecule has 16 heavy (non-hydrogen) atoms. The third kappa shape index (κ3) is 2.36. The minimum absolute atomic E-state index is 0.302. The SMILES string of the molecule is NC(=O)N(O)CC1CC1c1ccccc1Br. The highest BCUT2D eigenvalue weighted by Crippen LogP contribution is 2.49. The monoisotopic (exact) mass is 284 g/mol. The lowest BCUT2D eigenvalue weighted by atomic mass is 10.1. The molecule has 3 N–H and O–H groups in total. The van der Waals surface area contributed by atoms with E-state index < -0.39 is 6.03 Å². The fraction of sp³-hybridized carbons (Fsp3) is 0.364. The van der Waals surface area contributed by atoms with Crippen molar-refractivity contribution in [1.29, 1.82) is 0 Å². The summed E-state index contributed by atoms with van der Waals surface area (Å²) in [6.07, 6.45) is 0.979. The van der Waals surface area contributed by atoms with Crippen molar-refractivity contribution in [2.24, 2.45) is 11.7 Å². The van der Waals surface area contributed by atoms with Gasteiger partial charge in [-0.1, -0.05) is 34.1 Å². The van der Waals surface area contributed by atoms with Crippen molar-refractivity contribution < 1.29 is 10.0 Å². The fourth-order valence-electron chi connectivity index (χ4n) is 1.92. The number of nitrogens with two attached hydrogens (primary N) is 1. The first-order valence-corrected chi connectivity index (χ1v) is 5.89. The van der Waals surface area contributed by atoms with Gasteiger partial charge in [0.2, 0.25) is 0 Å². The molecule has 5 heteroatoms. The molecule has 1 aliphatic carbocycles. The number of nitrogens with zero attached hydrogens (tertiary/aromatic N) is 1. The van der Waals surface area contributed by atoms with E-state index in [4.69, 9.17) is 5.73 Å². The molecule has 2 rings (SSSR count). The minimum atomic E-state index is -0.794. The molecule has 1 fully saturated rings. The van der Waals surface area contributed by atoms with Gasteiger partial charge in [0.1, 0.15) is 0 Å². The summed E-state index contributed by atoms with van der Waals surface area (Å²) in [5, 5.41) is 9.80. The Kier molecular flexibility index (Phi) is 3.16. The standard InChI is InChI=1S/C11H13BrN2O2/c12-10-4-2-1-3-8(10)9-5-7(9)6-14(16)11(13)15/h1-4,7,9,16H,5-6H2,(H2,13,15). The Morgan fingerprint density at radius 2 is 2.25 bits per heavy atom. The van der Waals surface area contributed by atoms with Crippen molar-refractivity contribution >= 4 is 22.0 Å². The van der Waals surface area contributed by atoms with Gasteiger partial charge in [-0.2, -0.15) is 0 Å². The normalized spacial score (nSPS) is 22.9. The van der Waals surface area contributed by atoms with E-state index in [1.807, 2.05) is 18.2 Å². The molecule has 0 aliphatic heterocycles. The molecular formula is C11H13BrN2O2. The number of urea groups is 1. The van der Waals surface area contributed by atoms with E-state index in [1.54, 1.807) is 0 Å². The Labute approximate surface area is 102 Å². The smallest absolute Gasteiger partial charge is 0.338 e. The first-order chi connectivity index (χ1) is 7.59. The second-order valence-electron chi connectivity index (χ2n) is 4.04. The van der Waals surface area contributed by atoms with Crippen LogP contribution in [0.25, 0.3) is 0 Å². The van der Waals surface area contributed by atoms with Crippen molar-refractivity contribution in [2.45, 2.75) is 12.3 Å². The lowest BCUT2D eigenvalue weighted by molar-refractivity contribution is -0.0431. The van der Waals surface area contributed by atoms with Gasteiger partial charge < -0.3 is 5.73 Å². The number of hydrogen-bond donors (Lipinski definition) is 2. The molecule has 0 spiro atoms. The molecule has 0 bridgehead atoms. The number of rotatable bonds is 3. The summed E-state index contributed by atoms with van der Waals surface area (Å²) in [4.78, 5) is 10.7. The van der Waals surface area contributed by atoms with Crippen molar-refractivity contribution in [3.63, 3.8) is 0 Å². The zero-order chi connectivity index (χ0) is 11.7. The molecule has 0 saturated heterocycles. The number of primary amides is 1. The van der Waals surface area contributed by atoms with Crippen LogP contribution in [0, 0.1) is 5.92 Å². The number of amides is 2. The molecule has 0 aromatic heterocycles. The van der Waals surface area contributed by atoms with E-state index in [2.05, 4.69) is 22.0 Å². The first kappa shape index (κ1) is 11.4. The quantitative estimate of drug-likeness (QED) is 0.661. The largest absolute Gasteiger partial charge is 0.350 e. The van der Waals surface area contributed by atoms with Gasteiger partial charge in [0, 0.05) is 4.47 Å². The second kappa shape index (κ2) is 4.43. The van der Waals surface area contributed by atoms with E-state index in [1.165, 1.54) is 5.56 Å². The Bertz CT molecular complexity index is 411. The summed E-state index contributed by atoms with van der Waals surface area (Å²) in [7, 11) is 0. The summed E-state index contributed by atoms with van der Waals surface area (Å²) in [6, 6.07) is 7.21. The second-order valence-corrected chi connectivity index (χ2v) is 4.90. The molecule has 1 saturated carbocycles. The van der Waals surface area contributed by atoms with E-state index >= 15 is 0 Å². The third-order valence-corrected chi connectivity index (χ3v) is 3.61. The average molecular weight is 285 g/mol. The Hall–Kier alpha value is -1.07. The highest BCUT2D eigenvalue weighted by molar-refractivity contribution is 9.10. The van der Waals surface area contributed by atoms with Crippen LogP contribution in [0.2, 0.25) is 0 Å². The van der Waals surface area contributed by atoms with Gasteiger partial charge in [0.05, 0.1) is 6.54 Å². The summed E-state index contributed by atoms with van der Waals surface area (Å²) in [6.45, 7) is 0.307. The highest BCUT2D eigenvalue weighted by Gasteiger charge is 2.40. The van der Waals surface area contributed by atoms with Crippen LogP contribution in [0.5, 0.6) is 0 Å². The van der Waals surface area contributed by atoms with Crippen LogP contribution in [0.15, 0.2) is 28.7 Å². The van der Waals surface area contributed by atoms with Gasteiger partial charge in [-0.05, 0) is 29.9 Å². The van der Waals surface area contributed by atoms with Crippen molar-refractivity contribution in [3.8, 4) is 0 Å². The number of benzene rings is 1. The first-order valence-electron chi connectivity index (χ1n) is 5.10.